The summed E-state index contributed by atoms with van der Waals surface area (Å²) in [6.45, 7) is 18.8. The molecule has 1 unspecified atom stereocenters. The lowest BCUT2D eigenvalue weighted by Crippen LogP contribution is -2.71. The van der Waals surface area contributed by atoms with Gasteiger partial charge in [-0.25, -0.2) is 4.57 Å². The predicted octanol–water partition coefficient (Wildman–Crippen LogP) is 7.52. The predicted molar refractivity (Wildman–Crippen MR) is 161 cm³/mol. The first kappa shape index (κ1) is 25.0. The Morgan fingerprint density at radius 2 is 1.34 bits per heavy atom. The number of benzene rings is 3. The molecule has 0 bridgehead atoms. The molecular weight excluding hydrogens is 461 g/mol. The second kappa shape index (κ2) is 8.90. The van der Waals surface area contributed by atoms with E-state index >= 15 is 0 Å². The van der Waals surface area contributed by atoms with Crippen LogP contribution in [0.15, 0.2) is 60.9 Å². The summed E-state index contributed by atoms with van der Waals surface area (Å²) in [5.41, 5.74) is 14.2. The molecule has 0 saturated heterocycles. The van der Waals surface area contributed by atoms with Gasteiger partial charge in [-0.15, -0.1) is 0 Å². The van der Waals surface area contributed by atoms with Crippen LogP contribution in [0.2, 0.25) is 0 Å². The maximum Gasteiger partial charge on any atom is 0.542 e. The van der Waals surface area contributed by atoms with Gasteiger partial charge in [0.15, 0.2) is 0 Å². The van der Waals surface area contributed by atoms with Gasteiger partial charge in [0.25, 0.3) is 5.82 Å². The van der Waals surface area contributed by atoms with E-state index in [0.717, 1.165) is 0 Å². The van der Waals surface area contributed by atoms with Crippen molar-refractivity contribution in [1.82, 2.24) is 4.57 Å². The third-order valence-electron chi connectivity index (χ3n) is 8.99. The van der Waals surface area contributed by atoms with Crippen LogP contribution in [0.1, 0.15) is 106 Å². The maximum atomic E-state index is 2.74. The zero-order valence-electron chi connectivity index (χ0n) is 24.5. The molecule has 1 atom stereocenters. The monoisotopic (exact) mass is 502 g/mol. The molecule has 194 valence electrons. The highest BCUT2D eigenvalue weighted by Crippen LogP contribution is 2.53. The smallest absolute Gasteiger partial charge is 0.338 e. The molecule has 0 amide bonds. The third kappa shape index (κ3) is 3.38. The number of rotatable bonds is 4. The van der Waals surface area contributed by atoms with Crippen LogP contribution in [-0.2, 0) is 7.05 Å². The van der Waals surface area contributed by atoms with E-state index in [4.69, 9.17) is 0 Å². The van der Waals surface area contributed by atoms with Crippen molar-refractivity contribution >= 4 is 23.8 Å². The van der Waals surface area contributed by atoms with Crippen molar-refractivity contribution in [2.24, 2.45) is 7.05 Å². The summed E-state index contributed by atoms with van der Waals surface area (Å²) >= 11 is 0. The fourth-order valence-corrected chi connectivity index (χ4v) is 7.09. The van der Waals surface area contributed by atoms with Gasteiger partial charge in [-0.05, 0) is 58.1 Å². The molecule has 2 aliphatic rings. The number of hydrogen-bond acceptors (Lipinski definition) is 1. The normalized spacial score (nSPS) is 15.8. The van der Waals surface area contributed by atoms with E-state index in [0.29, 0.717) is 23.7 Å². The highest BCUT2D eigenvalue weighted by molar-refractivity contribution is 6.72. The first-order chi connectivity index (χ1) is 18.1. The zero-order valence-corrected chi connectivity index (χ0v) is 24.5. The van der Waals surface area contributed by atoms with Crippen LogP contribution in [0, 0.1) is 6.92 Å². The molecule has 3 heterocycles. The van der Waals surface area contributed by atoms with Crippen molar-refractivity contribution in [2.75, 3.05) is 4.81 Å². The molecular formula is C34H41BN3+. The van der Waals surface area contributed by atoms with Crippen molar-refractivity contribution in [3.63, 3.8) is 0 Å². The van der Waals surface area contributed by atoms with Crippen molar-refractivity contribution in [3.05, 3.63) is 94.3 Å². The summed E-state index contributed by atoms with van der Waals surface area (Å²) in [6.07, 6.45) is 4.55. The second-order valence-electron chi connectivity index (χ2n) is 12.4. The highest BCUT2D eigenvalue weighted by Gasteiger charge is 2.51. The SMILES string of the molecule is Cc1ccc2c3c1-c1n(C)cc[n+]1B(c1c(C(C)C)cccc1C(C)C)N3c1c(C(C)C)cccc1C2C. The van der Waals surface area contributed by atoms with E-state index in [9.17, 15) is 0 Å². The van der Waals surface area contributed by atoms with Crippen molar-refractivity contribution in [1.29, 1.82) is 0 Å². The number of nitrogens with zero attached hydrogens (tertiary/aromatic N) is 3. The van der Waals surface area contributed by atoms with Gasteiger partial charge in [0.2, 0.25) is 0 Å². The minimum absolute atomic E-state index is 0.0430. The highest BCUT2D eigenvalue weighted by atomic mass is 15.2. The van der Waals surface area contributed by atoms with Gasteiger partial charge in [0, 0.05) is 17.1 Å². The van der Waals surface area contributed by atoms with Gasteiger partial charge in [0.05, 0.1) is 18.3 Å². The van der Waals surface area contributed by atoms with Gasteiger partial charge in [-0.2, -0.15) is 0 Å². The van der Waals surface area contributed by atoms with E-state index in [1.807, 2.05) is 0 Å². The quantitative estimate of drug-likeness (QED) is 0.263. The lowest BCUT2D eigenvalue weighted by atomic mass is 9.56. The van der Waals surface area contributed by atoms with E-state index in [1.54, 1.807) is 0 Å². The van der Waals surface area contributed by atoms with Gasteiger partial charge >= 0.3 is 6.98 Å². The number of fused-ring (bicyclic) bond motifs is 4. The Kier molecular flexibility index (Phi) is 5.86. The molecule has 3 nitrogen and oxygen atoms in total. The number of imidazole rings is 1. The zero-order chi connectivity index (χ0) is 27.0. The van der Waals surface area contributed by atoms with E-state index in [-0.39, 0.29) is 6.98 Å². The summed E-state index contributed by atoms with van der Waals surface area (Å²) in [6, 6.07) is 18.7. The number of hydrogen-bond donors (Lipinski definition) is 0. The molecule has 4 heteroatoms. The van der Waals surface area contributed by atoms with Gasteiger partial charge in [-0.1, -0.05) is 97.0 Å². The minimum Gasteiger partial charge on any atom is -0.338 e. The van der Waals surface area contributed by atoms with Crippen LogP contribution in [0.25, 0.3) is 11.4 Å². The molecule has 1 aromatic heterocycles. The molecule has 0 fully saturated rings. The molecule has 0 spiro atoms. The van der Waals surface area contributed by atoms with Crippen LogP contribution in [-0.4, -0.2) is 11.5 Å². The van der Waals surface area contributed by atoms with Crippen molar-refractivity contribution in [2.45, 2.75) is 79.1 Å². The third-order valence-corrected chi connectivity index (χ3v) is 8.99. The second-order valence-corrected chi connectivity index (χ2v) is 12.4. The van der Waals surface area contributed by atoms with E-state index in [2.05, 4.69) is 137 Å². The number of aromatic nitrogens is 2. The average molecular weight is 503 g/mol. The van der Waals surface area contributed by atoms with Crippen LogP contribution >= 0.6 is 0 Å². The molecule has 0 aliphatic carbocycles. The summed E-state index contributed by atoms with van der Waals surface area (Å²) in [5.74, 6) is 2.93. The van der Waals surface area contributed by atoms with E-state index < -0.39 is 0 Å². The Hall–Kier alpha value is -3.27. The first-order valence-corrected chi connectivity index (χ1v) is 14.4. The molecule has 0 N–H and O–H groups in total. The van der Waals surface area contributed by atoms with Crippen LogP contribution in [0.4, 0.5) is 11.4 Å². The van der Waals surface area contributed by atoms with Crippen LogP contribution in [0.3, 0.4) is 0 Å². The van der Waals surface area contributed by atoms with Crippen LogP contribution in [0.5, 0.6) is 0 Å². The van der Waals surface area contributed by atoms with Gasteiger partial charge in [-0.3, -0.25) is 4.48 Å². The summed E-state index contributed by atoms with van der Waals surface area (Å²) in [4.78, 5) is 2.74. The molecule has 0 saturated carbocycles. The lowest BCUT2D eigenvalue weighted by molar-refractivity contribution is -0.523. The summed E-state index contributed by atoms with van der Waals surface area (Å²) in [7, 11) is 2.20. The molecule has 3 aromatic carbocycles. The Bertz CT molecular complexity index is 1530. The minimum atomic E-state index is 0.0430. The lowest BCUT2D eigenvalue weighted by Gasteiger charge is -2.44. The number of anilines is 2. The topological polar surface area (TPSA) is 12.0 Å². The fourth-order valence-electron chi connectivity index (χ4n) is 7.09. The largest absolute Gasteiger partial charge is 0.542 e. The molecule has 4 aromatic rings. The van der Waals surface area contributed by atoms with Gasteiger partial charge < -0.3 is 4.81 Å². The molecule has 2 aliphatic heterocycles. The summed E-state index contributed by atoms with van der Waals surface area (Å²) < 4.78 is 4.89. The Labute approximate surface area is 229 Å². The van der Waals surface area contributed by atoms with Crippen LogP contribution < -0.4 is 14.8 Å². The van der Waals surface area contributed by atoms with Crippen molar-refractivity contribution < 1.29 is 4.48 Å². The number of para-hydroxylation sites is 1. The van der Waals surface area contributed by atoms with Crippen molar-refractivity contribution in [3.8, 4) is 11.4 Å². The molecule has 38 heavy (non-hydrogen) atoms. The molecule has 0 radical (unpaired) electrons. The Morgan fingerprint density at radius 1 is 0.763 bits per heavy atom. The first-order valence-electron chi connectivity index (χ1n) is 14.4. The van der Waals surface area contributed by atoms with E-state index in [1.165, 1.54) is 61.6 Å². The Balaban J connectivity index is 1.82. The van der Waals surface area contributed by atoms with Gasteiger partial charge in [0.1, 0.15) is 12.4 Å². The maximum absolute atomic E-state index is 2.74. The fraction of sp³-hybridized carbons (Fsp3) is 0.382. The summed E-state index contributed by atoms with van der Waals surface area (Å²) in [5, 5.41) is 0. The standard InChI is InChI=1S/C34H41BN3/c1-20(2)25-12-10-13-26(21(3)4)31(25)35-37-19-18-36(9)34(37)30-23(7)16-17-29-24(8)28-15-11-14-27(22(5)6)32(28)38(35)33(29)30/h10-22,24H,1-9H3/q+1. The average Bonchev–Trinajstić information content (AvgIpc) is 3.27. The Morgan fingerprint density at radius 3 is 1.97 bits per heavy atom. The number of aryl methyl sites for hydroxylation is 2. The molecule has 6 rings (SSSR count).